The van der Waals surface area contributed by atoms with Gasteiger partial charge in [-0.05, 0) is 55.2 Å². The van der Waals surface area contributed by atoms with Gasteiger partial charge in [-0.15, -0.1) is 11.3 Å². The minimum Gasteiger partial charge on any atom is -0.497 e. The Hall–Kier alpha value is -3.49. The van der Waals surface area contributed by atoms with Crippen molar-refractivity contribution in [2.45, 2.75) is 26.4 Å². The van der Waals surface area contributed by atoms with Crippen LogP contribution in [0.4, 0.5) is 0 Å². The number of allylic oxidation sites excluding steroid dienone is 1. The summed E-state index contributed by atoms with van der Waals surface area (Å²) in [6.45, 7) is 4.78. The van der Waals surface area contributed by atoms with Crippen LogP contribution in [0.2, 0.25) is 0 Å². The van der Waals surface area contributed by atoms with Gasteiger partial charge in [-0.1, -0.05) is 53.2 Å². The fourth-order valence-corrected chi connectivity index (χ4v) is 5.04. The van der Waals surface area contributed by atoms with Gasteiger partial charge in [0.25, 0.3) is 5.89 Å². The summed E-state index contributed by atoms with van der Waals surface area (Å²) in [6.07, 6.45) is 0. The number of thiocarbonyl (C=S) groups is 1. The van der Waals surface area contributed by atoms with E-state index in [1.807, 2.05) is 54.6 Å². The molecule has 2 aromatic heterocycles. The molecule has 0 radical (unpaired) electrons. The van der Waals surface area contributed by atoms with Crippen molar-refractivity contribution in [1.29, 1.82) is 0 Å². The predicted molar refractivity (Wildman–Crippen MR) is 138 cm³/mol. The van der Waals surface area contributed by atoms with Gasteiger partial charge in [-0.25, -0.2) is 0 Å². The zero-order valence-electron chi connectivity index (χ0n) is 19.1. The molecule has 6 nitrogen and oxygen atoms in total. The first-order chi connectivity index (χ1) is 16.5. The summed E-state index contributed by atoms with van der Waals surface area (Å²) >= 11 is 7.50. The zero-order chi connectivity index (χ0) is 23.7. The topological polar surface area (TPSA) is 63.4 Å². The van der Waals surface area contributed by atoms with Gasteiger partial charge in [0.2, 0.25) is 5.82 Å². The number of methoxy groups -OCH3 is 1. The highest BCUT2D eigenvalue weighted by Gasteiger charge is 2.34. The van der Waals surface area contributed by atoms with Gasteiger partial charge in [0.1, 0.15) is 5.75 Å². The number of thiophene rings is 1. The van der Waals surface area contributed by atoms with Crippen LogP contribution >= 0.6 is 23.6 Å². The number of hydrogen-bond acceptors (Lipinski definition) is 6. The van der Waals surface area contributed by atoms with Gasteiger partial charge in [0.05, 0.1) is 25.3 Å². The van der Waals surface area contributed by atoms with Crippen LogP contribution < -0.4 is 10.1 Å². The molecule has 0 bridgehead atoms. The number of rotatable bonds is 6. The first kappa shape index (κ1) is 22.3. The van der Waals surface area contributed by atoms with Crippen molar-refractivity contribution >= 4 is 34.2 Å². The lowest BCUT2D eigenvalue weighted by molar-refractivity contribution is 0.395. The molecule has 1 aliphatic heterocycles. The minimum absolute atomic E-state index is 0.256. The number of nitrogens with one attached hydrogen (secondary N) is 1. The second-order valence-electron chi connectivity index (χ2n) is 8.11. The third-order valence-electron chi connectivity index (χ3n) is 5.88. The molecule has 1 aliphatic rings. The van der Waals surface area contributed by atoms with Gasteiger partial charge in [-0.2, -0.15) is 4.98 Å². The Bertz CT molecular complexity index is 1340. The Morgan fingerprint density at radius 3 is 2.68 bits per heavy atom. The van der Waals surface area contributed by atoms with E-state index in [1.165, 1.54) is 10.4 Å². The molecule has 3 heterocycles. The van der Waals surface area contributed by atoms with Crippen molar-refractivity contribution in [2.75, 3.05) is 7.11 Å². The highest BCUT2D eigenvalue weighted by Crippen LogP contribution is 2.39. The third kappa shape index (κ3) is 4.34. The van der Waals surface area contributed by atoms with Crippen molar-refractivity contribution in [3.8, 4) is 17.1 Å². The van der Waals surface area contributed by atoms with Crippen molar-refractivity contribution in [3.63, 3.8) is 0 Å². The average Bonchev–Trinajstić information content (AvgIpc) is 3.54. The number of nitrogens with zero attached hydrogens (tertiary/aromatic N) is 3. The maximum absolute atomic E-state index is 5.83. The van der Waals surface area contributed by atoms with Crippen LogP contribution in [0.5, 0.6) is 5.75 Å². The molecule has 0 amide bonds. The smallest absolute Gasteiger partial charge is 0.258 e. The molecule has 1 N–H and O–H groups in total. The van der Waals surface area contributed by atoms with Crippen LogP contribution in [0, 0.1) is 6.92 Å². The number of aromatic nitrogens is 2. The summed E-state index contributed by atoms with van der Waals surface area (Å²) in [7, 11) is 1.66. The SMILES string of the molecule is COc1cccc(C2NC(=S)N(Cc3cccs3)C(C)=C2c2nc(-c3ccc(C)cc3)no2)c1. The summed E-state index contributed by atoms with van der Waals surface area (Å²) in [6, 6.07) is 19.9. The van der Waals surface area contributed by atoms with Crippen LogP contribution in [0.25, 0.3) is 17.0 Å². The van der Waals surface area contributed by atoms with E-state index in [4.69, 9.17) is 26.5 Å². The quantitative estimate of drug-likeness (QED) is 0.335. The molecule has 0 aliphatic carbocycles. The summed E-state index contributed by atoms with van der Waals surface area (Å²) in [5.74, 6) is 1.79. The Morgan fingerprint density at radius 2 is 1.94 bits per heavy atom. The first-order valence-electron chi connectivity index (χ1n) is 10.9. The van der Waals surface area contributed by atoms with E-state index in [0.29, 0.717) is 23.4 Å². The number of benzene rings is 2. The average molecular weight is 489 g/mol. The molecular weight excluding hydrogens is 464 g/mol. The molecule has 34 heavy (non-hydrogen) atoms. The second kappa shape index (κ2) is 9.40. The van der Waals surface area contributed by atoms with E-state index in [0.717, 1.165) is 28.1 Å². The number of hydrogen-bond donors (Lipinski definition) is 1. The maximum Gasteiger partial charge on any atom is 0.258 e. The van der Waals surface area contributed by atoms with Gasteiger partial charge >= 0.3 is 0 Å². The highest BCUT2D eigenvalue weighted by molar-refractivity contribution is 7.80. The molecule has 8 heteroatoms. The summed E-state index contributed by atoms with van der Waals surface area (Å²) in [4.78, 5) is 8.09. The van der Waals surface area contributed by atoms with Crippen molar-refractivity contribution in [1.82, 2.24) is 20.4 Å². The number of aryl methyl sites for hydroxylation is 1. The van der Waals surface area contributed by atoms with Crippen LogP contribution in [0.1, 0.15) is 34.9 Å². The molecular formula is C26H24N4O2S2. The van der Waals surface area contributed by atoms with E-state index >= 15 is 0 Å². The molecule has 1 atom stereocenters. The monoisotopic (exact) mass is 488 g/mol. The third-order valence-corrected chi connectivity index (χ3v) is 7.08. The number of ether oxygens (including phenoxy) is 1. The van der Waals surface area contributed by atoms with E-state index in [1.54, 1.807) is 18.4 Å². The molecule has 0 fully saturated rings. The fourth-order valence-electron chi connectivity index (χ4n) is 4.03. The van der Waals surface area contributed by atoms with Crippen molar-refractivity contribution < 1.29 is 9.26 Å². The Balaban J connectivity index is 1.60. The standard InChI is InChI=1S/C26H24N4O2S2/c1-16-9-11-18(12-10-16)24-28-25(32-29-24)22-17(2)30(15-21-8-5-13-34-21)26(33)27-23(22)19-6-4-7-20(14-19)31-3/h4-14,23H,15H2,1-3H3,(H,27,33). The second-order valence-corrected chi connectivity index (χ2v) is 9.53. The molecule has 0 saturated carbocycles. The van der Waals surface area contributed by atoms with Gasteiger partial charge in [0.15, 0.2) is 5.11 Å². The van der Waals surface area contributed by atoms with Gasteiger partial charge < -0.3 is 19.5 Å². The maximum atomic E-state index is 5.83. The zero-order valence-corrected chi connectivity index (χ0v) is 20.7. The molecule has 0 spiro atoms. The minimum atomic E-state index is -0.256. The molecule has 4 aromatic rings. The summed E-state index contributed by atoms with van der Waals surface area (Å²) < 4.78 is 11.3. The first-order valence-corrected chi connectivity index (χ1v) is 12.2. The van der Waals surface area contributed by atoms with Crippen molar-refractivity contribution in [2.24, 2.45) is 0 Å². The van der Waals surface area contributed by atoms with E-state index < -0.39 is 0 Å². The summed E-state index contributed by atoms with van der Waals surface area (Å²) in [5, 5.41) is 10.5. The predicted octanol–water partition coefficient (Wildman–Crippen LogP) is 5.98. The van der Waals surface area contributed by atoms with Crippen LogP contribution in [0.3, 0.4) is 0 Å². The lowest BCUT2D eigenvalue weighted by atomic mass is 9.94. The fraction of sp³-hybridized carbons (Fsp3) is 0.192. The lowest BCUT2D eigenvalue weighted by Crippen LogP contribution is -2.45. The van der Waals surface area contributed by atoms with Crippen LogP contribution in [-0.4, -0.2) is 27.3 Å². The van der Waals surface area contributed by atoms with Gasteiger partial charge in [-0.3, -0.25) is 0 Å². The largest absolute Gasteiger partial charge is 0.497 e. The van der Waals surface area contributed by atoms with Gasteiger partial charge in [0, 0.05) is 16.1 Å². The van der Waals surface area contributed by atoms with E-state index in [-0.39, 0.29) is 6.04 Å². The molecule has 2 aromatic carbocycles. The lowest BCUT2D eigenvalue weighted by Gasteiger charge is -2.37. The van der Waals surface area contributed by atoms with Crippen LogP contribution in [0.15, 0.2) is 76.3 Å². The molecule has 1 unspecified atom stereocenters. The van der Waals surface area contributed by atoms with E-state index in [2.05, 4.69) is 40.7 Å². The van der Waals surface area contributed by atoms with Crippen molar-refractivity contribution in [3.05, 3.63) is 93.6 Å². The summed E-state index contributed by atoms with van der Waals surface area (Å²) in [5.41, 5.74) is 4.96. The van der Waals surface area contributed by atoms with E-state index in [9.17, 15) is 0 Å². The molecule has 172 valence electrons. The highest BCUT2D eigenvalue weighted by atomic mass is 32.1. The molecule has 0 saturated heterocycles. The Morgan fingerprint density at radius 1 is 1.12 bits per heavy atom. The Labute approximate surface area is 207 Å². The molecule has 5 rings (SSSR count). The normalized spacial score (nSPS) is 16.0. The Kier molecular flexibility index (Phi) is 6.17. The van der Waals surface area contributed by atoms with Crippen LogP contribution in [-0.2, 0) is 6.54 Å².